The Labute approximate surface area is 123 Å². The Morgan fingerprint density at radius 2 is 2.40 bits per heavy atom. The number of hydrogen-bond acceptors (Lipinski definition) is 4. The lowest BCUT2D eigenvalue weighted by molar-refractivity contribution is 0.114. The van der Waals surface area contributed by atoms with Crippen LogP contribution in [0, 0.1) is 12.8 Å². The van der Waals surface area contributed by atoms with Crippen LogP contribution in [0.5, 0.6) is 5.75 Å². The number of aryl methyl sites for hydroxylation is 1. The number of ether oxygens (including phenoxy) is 1. The zero-order valence-corrected chi connectivity index (χ0v) is 12.1. The van der Waals surface area contributed by atoms with Gasteiger partial charge in [0.1, 0.15) is 12.0 Å². The fraction of sp³-hybridized carbons (Fsp3) is 0.400. The molecular weight excluding hydrogens is 276 g/mol. The maximum absolute atomic E-state index is 6.25. The van der Waals surface area contributed by atoms with Crippen LogP contribution >= 0.6 is 11.6 Å². The highest BCUT2D eigenvalue weighted by Crippen LogP contribution is 2.34. The smallest absolute Gasteiger partial charge is 0.235 e. The largest absolute Gasteiger partial charge is 0.479 e. The number of aromatic nitrogens is 1. The quantitative estimate of drug-likeness (QED) is 0.938. The molecule has 3 rings (SSSR count). The second-order valence-electron chi connectivity index (χ2n) is 5.10. The molecule has 1 fully saturated rings. The number of nitrogens with zero attached hydrogens (tertiary/aromatic N) is 1. The highest BCUT2D eigenvalue weighted by molar-refractivity contribution is 6.32. The van der Waals surface area contributed by atoms with E-state index in [-0.39, 0.29) is 6.10 Å². The predicted octanol–water partition coefficient (Wildman–Crippen LogP) is 3.37. The molecule has 20 heavy (non-hydrogen) atoms. The monoisotopic (exact) mass is 292 g/mol. The second kappa shape index (κ2) is 5.85. The van der Waals surface area contributed by atoms with E-state index in [0.717, 1.165) is 25.1 Å². The highest BCUT2D eigenvalue weighted by atomic mass is 35.5. The van der Waals surface area contributed by atoms with E-state index in [1.807, 2.05) is 25.1 Å². The maximum atomic E-state index is 6.25. The first-order chi connectivity index (χ1) is 9.74. The maximum Gasteiger partial charge on any atom is 0.235 e. The van der Waals surface area contributed by atoms with Crippen LogP contribution < -0.4 is 10.1 Å². The van der Waals surface area contributed by atoms with Crippen molar-refractivity contribution in [3.8, 4) is 5.75 Å². The van der Waals surface area contributed by atoms with Crippen LogP contribution in [0.15, 0.2) is 35.1 Å². The molecule has 0 saturated carbocycles. The van der Waals surface area contributed by atoms with Crippen molar-refractivity contribution < 1.29 is 9.15 Å². The van der Waals surface area contributed by atoms with E-state index in [1.165, 1.54) is 0 Å². The van der Waals surface area contributed by atoms with Crippen LogP contribution in [-0.4, -0.2) is 18.1 Å². The standard InChI is InChI=1S/C15H17ClN2O2/c1-10-2-3-13(12(16)8-10)20-14(11-4-5-17-9-11)15-18-6-7-19-15/h2-3,6-8,11,14,17H,4-5,9H2,1H3/t11-,14+/m0/s1. The molecule has 0 aliphatic carbocycles. The average molecular weight is 293 g/mol. The van der Waals surface area contributed by atoms with E-state index in [9.17, 15) is 0 Å². The van der Waals surface area contributed by atoms with Crippen molar-refractivity contribution >= 4 is 11.6 Å². The van der Waals surface area contributed by atoms with Gasteiger partial charge in [-0.15, -0.1) is 0 Å². The third-order valence-corrected chi connectivity index (χ3v) is 3.86. The third kappa shape index (κ3) is 2.81. The summed E-state index contributed by atoms with van der Waals surface area (Å²) in [5.41, 5.74) is 1.11. The Bertz CT molecular complexity index is 565. The second-order valence-corrected chi connectivity index (χ2v) is 5.50. The van der Waals surface area contributed by atoms with Crippen molar-refractivity contribution in [2.24, 2.45) is 5.92 Å². The van der Waals surface area contributed by atoms with Crippen LogP contribution in [0.25, 0.3) is 0 Å². The minimum absolute atomic E-state index is 0.208. The van der Waals surface area contributed by atoms with Gasteiger partial charge >= 0.3 is 0 Å². The van der Waals surface area contributed by atoms with E-state index in [4.69, 9.17) is 20.8 Å². The third-order valence-electron chi connectivity index (χ3n) is 3.56. The minimum atomic E-state index is -0.208. The zero-order valence-electron chi connectivity index (χ0n) is 11.3. The van der Waals surface area contributed by atoms with E-state index >= 15 is 0 Å². The summed E-state index contributed by atoms with van der Waals surface area (Å²) >= 11 is 6.25. The van der Waals surface area contributed by atoms with Gasteiger partial charge in [-0.2, -0.15) is 0 Å². The van der Waals surface area contributed by atoms with Gasteiger partial charge in [-0.1, -0.05) is 17.7 Å². The molecule has 1 aliphatic rings. The van der Waals surface area contributed by atoms with Crippen molar-refractivity contribution in [3.05, 3.63) is 47.1 Å². The first-order valence-electron chi connectivity index (χ1n) is 6.77. The summed E-state index contributed by atoms with van der Waals surface area (Å²) in [5.74, 6) is 1.62. The predicted molar refractivity (Wildman–Crippen MR) is 77.0 cm³/mol. The molecular formula is C15H17ClN2O2. The number of halogens is 1. The molecule has 4 nitrogen and oxygen atoms in total. The Hall–Kier alpha value is -1.52. The summed E-state index contributed by atoms with van der Waals surface area (Å²) < 4.78 is 11.5. The molecule has 2 aromatic rings. The molecule has 2 atom stereocenters. The first-order valence-corrected chi connectivity index (χ1v) is 7.15. The average Bonchev–Trinajstić information content (AvgIpc) is 3.11. The Morgan fingerprint density at radius 1 is 1.50 bits per heavy atom. The van der Waals surface area contributed by atoms with Gasteiger partial charge in [0.05, 0.1) is 11.2 Å². The summed E-state index contributed by atoms with van der Waals surface area (Å²) in [6, 6.07) is 5.78. The molecule has 1 aromatic heterocycles. The number of rotatable bonds is 4. The van der Waals surface area contributed by atoms with Crippen LogP contribution in [0.1, 0.15) is 24.0 Å². The first kappa shape index (κ1) is 13.5. The lowest BCUT2D eigenvalue weighted by atomic mass is 10.0. The van der Waals surface area contributed by atoms with E-state index in [0.29, 0.717) is 22.6 Å². The van der Waals surface area contributed by atoms with Gasteiger partial charge in [0.2, 0.25) is 5.89 Å². The van der Waals surface area contributed by atoms with Crippen LogP contribution in [0.3, 0.4) is 0 Å². The normalized spacial score (nSPS) is 20.0. The number of hydrogen-bond donors (Lipinski definition) is 1. The van der Waals surface area contributed by atoms with Crippen molar-refractivity contribution in [1.82, 2.24) is 10.3 Å². The number of oxazole rings is 1. The van der Waals surface area contributed by atoms with Gasteiger partial charge < -0.3 is 14.5 Å². The fourth-order valence-corrected chi connectivity index (χ4v) is 2.78. The Morgan fingerprint density at radius 3 is 3.05 bits per heavy atom. The molecule has 0 bridgehead atoms. The van der Waals surface area contributed by atoms with Gasteiger partial charge in [0, 0.05) is 12.5 Å². The lowest BCUT2D eigenvalue weighted by Crippen LogP contribution is -2.21. The summed E-state index contributed by atoms with van der Waals surface area (Å²) in [5, 5.41) is 3.96. The molecule has 1 N–H and O–H groups in total. The molecule has 1 aromatic carbocycles. The summed E-state index contributed by atoms with van der Waals surface area (Å²) in [6.45, 7) is 3.89. The van der Waals surface area contributed by atoms with Crippen molar-refractivity contribution in [1.29, 1.82) is 0 Å². The van der Waals surface area contributed by atoms with Crippen LogP contribution in [0.2, 0.25) is 5.02 Å². The molecule has 5 heteroatoms. The minimum Gasteiger partial charge on any atom is -0.479 e. The van der Waals surface area contributed by atoms with Crippen molar-refractivity contribution in [2.45, 2.75) is 19.4 Å². The molecule has 0 unspecified atom stereocenters. The van der Waals surface area contributed by atoms with E-state index in [1.54, 1.807) is 12.5 Å². The van der Waals surface area contributed by atoms with E-state index in [2.05, 4.69) is 10.3 Å². The van der Waals surface area contributed by atoms with Crippen molar-refractivity contribution in [2.75, 3.05) is 13.1 Å². The molecule has 2 heterocycles. The molecule has 106 valence electrons. The molecule has 1 saturated heterocycles. The van der Waals surface area contributed by atoms with Gasteiger partial charge in [-0.25, -0.2) is 4.98 Å². The Balaban J connectivity index is 1.86. The van der Waals surface area contributed by atoms with Gasteiger partial charge in [-0.3, -0.25) is 0 Å². The Kier molecular flexibility index (Phi) is 3.94. The molecule has 1 aliphatic heterocycles. The van der Waals surface area contributed by atoms with Crippen LogP contribution in [-0.2, 0) is 0 Å². The van der Waals surface area contributed by atoms with Crippen molar-refractivity contribution in [3.63, 3.8) is 0 Å². The topological polar surface area (TPSA) is 47.3 Å². The molecule has 0 amide bonds. The van der Waals surface area contributed by atoms with Gasteiger partial charge in [0.15, 0.2) is 6.10 Å². The number of benzene rings is 1. The molecule has 0 spiro atoms. The highest BCUT2D eigenvalue weighted by Gasteiger charge is 2.31. The molecule has 0 radical (unpaired) electrons. The summed E-state index contributed by atoms with van der Waals surface area (Å²) in [6.07, 6.45) is 4.05. The lowest BCUT2D eigenvalue weighted by Gasteiger charge is -2.22. The number of nitrogens with one attached hydrogen (secondary N) is 1. The SMILES string of the molecule is Cc1ccc(O[C@@H](c2ncco2)[C@H]2CCNC2)c(Cl)c1. The summed E-state index contributed by atoms with van der Waals surface area (Å²) in [7, 11) is 0. The van der Waals surface area contributed by atoms with Gasteiger partial charge in [-0.05, 0) is 37.6 Å². The van der Waals surface area contributed by atoms with Gasteiger partial charge in [0.25, 0.3) is 0 Å². The fourth-order valence-electron chi connectivity index (χ4n) is 2.50. The summed E-state index contributed by atoms with van der Waals surface area (Å²) in [4.78, 5) is 4.24. The van der Waals surface area contributed by atoms with Crippen LogP contribution in [0.4, 0.5) is 0 Å². The zero-order chi connectivity index (χ0) is 13.9. The van der Waals surface area contributed by atoms with E-state index < -0.39 is 0 Å².